The van der Waals surface area contributed by atoms with Gasteiger partial charge in [-0.1, -0.05) is 12.1 Å². The van der Waals surface area contributed by atoms with Gasteiger partial charge in [-0.15, -0.1) is 0 Å². The maximum Gasteiger partial charge on any atom is 0.416 e. The number of hydrogen-bond acceptors (Lipinski definition) is 5. The second kappa shape index (κ2) is 10.4. The normalized spacial score (nSPS) is 25.0. The summed E-state index contributed by atoms with van der Waals surface area (Å²) in [6.07, 6.45) is -1.34. The van der Waals surface area contributed by atoms with Crippen molar-refractivity contribution in [2.75, 3.05) is 30.3 Å². The highest BCUT2D eigenvalue weighted by Gasteiger charge is 2.35. The Morgan fingerprint density at radius 3 is 2.63 bits per heavy atom. The monoisotopic (exact) mass is 529 g/mol. The number of rotatable bonds is 3. The van der Waals surface area contributed by atoms with Crippen molar-refractivity contribution in [1.29, 1.82) is 0 Å². The zero-order valence-corrected chi connectivity index (χ0v) is 21.2. The number of morpholine rings is 1. The number of ether oxygens (including phenoxy) is 2. The Hall–Kier alpha value is -3.37. The van der Waals surface area contributed by atoms with E-state index in [1.54, 1.807) is 12.1 Å². The van der Waals surface area contributed by atoms with Crippen LogP contribution < -0.4 is 15.4 Å². The van der Waals surface area contributed by atoms with Gasteiger partial charge in [0.15, 0.2) is 0 Å². The van der Waals surface area contributed by atoms with Crippen molar-refractivity contribution < 1.29 is 32.2 Å². The minimum absolute atomic E-state index is 0.0540. The average molecular weight is 530 g/mol. The molecule has 1 fully saturated rings. The third-order valence-corrected chi connectivity index (χ3v) is 7.05. The molecule has 0 radical (unpaired) electrons. The number of anilines is 2. The van der Waals surface area contributed by atoms with Crippen molar-refractivity contribution in [3.8, 4) is 5.75 Å². The lowest BCUT2D eigenvalue weighted by atomic mass is 9.96. The number of nitrogens with one attached hydrogen (secondary N) is 2. The molecule has 2 amide bonds. The lowest BCUT2D eigenvalue weighted by Gasteiger charge is -2.41. The summed E-state index contributed by atoms with van der Waals surface area (Å²) in [5.74, 6) is -0.381. The third kappa shape index (κ3) is 5.71. The molecule has 3 atom stereocenters. The Kier molecular flexibility index (Phi) is 7.19. The van der Waals surface area contributed by atoms with Crippen LogP contribution in [-0.2, 0) is 26.9 Å². The van der Waals surface area contributed by atoms with Gasteiger partial charge in [-0.2, -0.15) is 13.2 Å². The van der Waals surface area contributed by atoms with Gasteiger partial charge in [-0.05, 0) is 68.5 Å². The fraction of sp³-hybridized carbons (Fsp3) is 0.429. The van der Waals surface area contributed by atoms with Gasteiger partial charge in [0, 0.05) is 36.1 Å². The number of fused-ring (bicyclic) bond motifs is 2. The smallest absolute Gasteiger partial charge is 0.416 e. The first kappa shape index (κ1) is 26.2. The lowest BCUT2D eigenvalue weighted by molar-refractivity contribution is -0.137. The Balaban J connectivity index is 1.30. The van der Waals surface area contributed by atoms with Crippen molar-refractivity contribution >= 4 is 28.8 Å². The Morgan fingerprint density at radius 2 is 1.89 bits per heavy atom. The third-order valence-electron chi connectivity index (χ3n) is 7.05. The van der Waals surface area contributed by atoms with E-state index in [4.69, 9.17) is 9.47 Å². The van der Waals surface area contributed by atoms with Crippen molar-refractivity contribution in [2.45, 2.75) is 57.5 Å². The summed E-state index contributed by atoms with van der Waals surface area (Å²) in [7, 11) is 0. The summed E-state index contributed by atoms with van der Waals surface area (Å²) in [5.41, 5.74) is 2.42. The van der Waals surface area contributed by atoms with E-state index in [9.17, 15) is 22.8 Å². The van der Waals surface area contributed by atoms with Crippen LogP contribution >= 0.6 is 0 Å². The molecule has 5 rings (SSSR count). The highest BCUT2D eigenvalue weighted by atomic mass is 19.4. The fourth-order valence-corrected chi connectivity index (χ4v) is 5.38. The van der Waals surface area contributed by atoms with Crippen LogP contribution in [0.3, 0.4) is 0 Å². The zero-order chi connectivity index (χ0) is 27.0. The molecule has 38 heavy (non-hydrogen) atoms. The van der Waals surface area contributed by atoms with Crippen LogP contribution in [0.2, 0.25) is 0 Å². The number of benzene rings is 2. The van der Waals surface area contributed by atoms with E-state index in [1.165, 1.54) is 12.1 Å². The molecule has 2 aromatic rings. The van der Waals surface area contributed by atoms with E-state index < -0.39 is 17.6 Å². The molecule has 0 aliphatic carbocycles. The summed E-state index contributed by atoms with van der Waals surface area (Å²) in [5, 5.41) is 5.79. The molecule has 0 spiro atoms. The van der Waals surface area contributed by atoms with E-state index in [1.807, 2.05) is 19.9 Å². The number of carbonyl (C=O) groups excluding carboxylic acids is 2. The van der Waals surface area contributed by atoms with Crippen LogP contribution in [0.5, 0.6) is 5.75 Å². The van der Waals surface area contributed by atoms with E-state index >= 15 is 0 Å². The van der Waals surface area contributed by atoms with Gasteiger partial charge in [0.1, 0.15) is 5.75 Å². The van der Waals surface area contributed by atoms with Gasteiger partial charge in [-0.25, -0.2) is 0 Å². The van der Waals surface area contributed by atoms with Gasteiger partial charge >= 0.3 is 6.18 Å². The molecule has 3 heterocycles. The molecule has 7 nitrogen and oxygen atoms in total. The van der Waals surface area contributed by atoms with E-state index in [0.717, 1.165) is 17.7 Å². The van der Waals surface area contributed by atoms with E-state index in [0.29, 0.717) is 54.9 Å². The summed E-state index contributed by atoms with van der Waals surface area (Å²) in [6.45, 7) is 5.64. The number of amides is 2. The molecule has 10 heteroatoms. The highest BCUT2D eigenvalue weighted by molar-refractivity contribution is 6.05. The quantitative estimate of drug-likeness (QED) is 0.555. The summed E-state index contributed by atoms with van der Waals surface area (Å²) in [4.78, 5) is 28.0. The average Bonchev–Trinajstić information content (AvgIpc) is 3.04. The zero-order valence-electron chi connectivity index (χ0n) is 21.2. The fourth-order valence-electron chi connectivity index (χ4n) is 5.38. The van der Waals surface area contributed by atoms with Crippen molar-refractivity contribution in [3.05, 3.63) is 59.2 Å². The van der Waals surface area contributed by atoms with Gasteiger partial charge in [0.2, 0.25) is 11.8 Å². The number of nitrogens with zero attached hydrogens (tertiary/aromatic N) is 1. The van der Waals surface area contributed by atoms with Crippen LogP contribution in [0, 0.1) is 0 Å². The predicted molar refractivity (Wildman–Crippen MR) is 137 cm³/mol. The Bertz CT molecular complexity index is 1270. The largest absolute Gasteiger partial charge is 0.493 e. The van der Waals surface area contributed by atoms with Crippen LogP contribution in [0.25, 0.3) is 5.57 Å². The van der Waals surface area contributed by atoms with Crippen molar-refractivity contribution in [1.82, 2.24) is 4.90 Å². The molecule has 3 aliphatic heterocycles. The van der Waals surface area contributed by atoms with Crippen molar-refractivity contribution in [2.24, 2.45) is 0 Å². The topological polar surface area (TPSA) is 79.9 Å². The first-order chi connectivity index (χ1) is 18.1. The van der Waals surface area contributed by atoms with E-state index in [-0.39, 0.29) is 36.5 Å². The maximum absolute atomic E-state index is 13.1. The number of allylic oxidation sites excluding steroid dienone is 1. The predicted octanol–water partition coefficient (Wildman–Crippen LogP) is 4.87. The molecule has 3 aliphatic rings. The summed E-state index contributed by atoms with van der Waals surface area (Å²) >= 11 is 0. The highest BCUT2D eigenvalue weighted by Crippen LogP contribution is 2.38. The number of alkyl halides is 3. The van der Waals surface area contributed by atoms with E-state index in [2.05, 4.69) is 15.5 Å². The SMILES string of the molecule is C[C@@H]1CN(C2Cc3ccc(NC(=O)/C=C4\CCCOc5cc(C(F)(F)F)ccc54)cc3NC2=O)C[C@H](C)O1. The molecule has 0 aromatic heterocycles. The van der Waals surface area contributed by atoms with Gasteiger partial charge in [0.05, 0.1) is 30.4 Å². The molecule has 202 valence electrons. The molecule has 0 bridgehead atoms. The number of hydrogen-bond donors (Lipinski definition) is 2. The van der Waals surface area contributed by atoms with Crippen LogP contribution in [-0.4, -0.2) is 54.7 Å². The molecule has 2 aromatic carbocycles. The van der Waals surface area contributed by atoms with Gasteiger partial charge in [0.25, 0.3) is 0 Å². The van der Waals surface area contributed by atoms with Crippen LogP contribution in [0.4, 0.5) is 24.5 Å². The lowest BCUT2D eigenvalue weighted by Crippen LogP contribution is -2.55. The molecular weight excluding hydrogens is 499 g/mol. The Labute approximate surface area is 219 Å². The molecule has 2 N–H and O–H groups in total. The Morgan fingerprint density at radius 1 is 1.13 bits per heavy atom. The number of carbonyl (C=O) groups is 2. The van der Waals surface area contributed by atoms with Crippen LogP contribution in [0.1, 0.15) is 43.4 Å². The number of halogens is 3. The first-order valence-electron chi connectivity index (χ1n) is 12.8. The molecular formula is C28H30F3N3O4. The minimum atomic E-state index is -4.48. The van der Waals surface area contributed by atoms with Crippen LogP contribution in [0.15, 0.2) is 42.5 Å². The standard InChI is InChI=1S/C28H30F3N3O4/c1-16-14-34(15-17(2)38-16)24-10-19-5-7-21(13-23(19)33-27(24)36)32-26(35)11-18-4-3-9-37-25-12-20(28(29,30)31)6-8-22(18)25/h5-8,11-13,16-17,24H,3-4,9-10,14-15H2,1-2H3,(H,32,35)(H,33,36)/b18-11+/t16-,17+,24?. The minimum Gasteiger partial charge on any atom is -0.493 e. The molecule has 0 saturated carbocycles. The summed E-state index contributed by atoms with van der Waals surface area (Å²) in [6, 6.07) is 8.45. The summed E-state index contributed by atoms with van der Waals surface area (Å²) < 4.78 is 50.7. The molecule has 1 saturated heterocycles. The second-order valence-electron chi connectivity index (χ2n) is 10.1. The van der Waals surface area contributed by atoms with Crippen molar-refractivity contribution in [3.63, 3.8) is 0 Å². The van der Waals surface area contributed by atoms with Gasteiger partial charge in [-0.3, -0.25) is 14.5 Å². The maximum atomic E-state index is 13.1. The van der Waals surface area contributed by atoms with Gasteiger partial charge < -0.3 is 20.1 Å². The second-order valence-corrected chi connectivity index (χ2v) is 10.1. The molecule has 1 unspecified atom stereocenters. The first-order valence-corrected chi connectivity index (χ1v) is 12.8.